The summed E-state index contributed by atoms with van der Waals surface area (Å²) in [7, 11) is -7.83. The van der Waals surface area contributed by atoms with Crippen molar-refractivity contribution in [2.45, 2.75) is 63.5 Å². The number of hydrogen-bond acceptors (Lipinski definition) is 7. The second-order valence-electron chi connectivity index (χ2n) is 19.8. The van der Waals surface area contributed by atoms with Gasteiger partial charge in [0.2, 0.25) is 20.0 Å². The van der Waals surface area contributed by atoms with Crippen LogP contribution in [0.4, 0.5) is 8.78 Å². The molecule has 9 nitrogen and oxygen atoms in total. The number of aromatic nitrogens is 2. The van der Waals surface area contributed by atoms with Crippen molar-refractivity contribution >= 4 is 54.0 Å². The Bertz CT molecular complexity index is 3290. The zero-order valence-electron chi connectivity index (χ0n) is 42.2. The predicted molar refractivity (Wildman–Crippen MR) is 300 cm³/mol. The summed E-state index contributed by atoms with van der Waals surface area (Å²) in [5, 5.41) is 1.66. The van der Waals surface area contributed by atoms with E-state index in [-0.39, 0.29) is 35.2 Å². The molecule has 0 spiro atoms. The van der Waals surface area contributed by atoms with Gasteiger partial charge in [-0.15, -0.1) is 0 Å². The third-order valence-corrected chi connectivity index (χ3v) is 17.9. The molecule has 2 saturated heterocycles. The molecule has 8 aromatic rings. The predicted octanol–water partition coefficient (Wildman–Crippen LogP) is 13.5. The third kappa shape index (κ3) is 12.0. The van der Waals surface area contributed by atoms with Crippen LogP contribution in [0.25, 0.3) is 56.5 Å². The first-order chi connectivity index (χ1) is 36.5. The lowest BCUT2D eigenvalue weighted by Crippen LogP contribution is -2.35. The average Bonchev–Trinajstić information content (AvgIpc) is 4.04. The van der Waals surface area contributed by atoms with E-state index in [4.69, 9.17) is 4.74 Å². The summed E-state index contributed by atoms with van der Waals surface area (Å²) in [6, 6.07) is 47.4. The quantitative estimate of drug-likeness (QED) is 0.0702. The molecule has 2 aliphatic heterocycles. The molecule has 2 aliphatic rings. The maximum absolute atomic E-state index is 14.5. The van der Waals surface area contributed by atoms with Crippen molar-refractivity contribution in [1.82, 2.24) is 17.7 Å². The summed E-state index contributed by atoms with van der Waals surface area (Å²) < 4.78 is 95.1. The van der Waals surface area contributed by atoms with Crippen LogP contribution < -0.4 is 0 Å². The Labute approximate surface area is 440 Å². The van der Waals surface area contributed by atoms with E-state index in [1.54, 1.807) is 48.6 Å². The molecule has 0 aliphatic carbocycles. The Hall–Kier alpha value is -6.48. The van der Waals surface area contributed by atoms with E-state index in [1.807, 2.05) is 97.1 Å². The van der Waals surface area contributed by atoms with Crippen LogP contribution in [0.1, 0.15) is 85.7 Å². The van der Waals surface area contributed by atoms with Crippen molar-refractivity contribution < 1.29 is 30.4 Å². The number of piperidine rings is 2. The minimum absolute atomic E-state index is 0.0398. The molecule has 2 atom stereocenters. The lowest BCUT2D eigenvalue weighted by molar-refractivity contribution is 0.0668. The molecule has 4 heterocycles. The molecule has 0 N–H and O–H groups in total. The molecule has 0 bridgehead atoms. The first kappa shape index (κ1) is 52.0. The maximum Gasteiger partial charge on any atom is 0.243 e. The summed E-state index contributed by atoms with van der Waals surface area (Å²) in [6.45, 7) is 4.69. The molecule has 2 fully saturated rings. The Balaban J connectivity index is 0.917. The van der Waals surface area contributed by atoms with Crippen molar-refractivity contribution in [3.05, 3.63) is 204 Å². The highest BCUT2D eigenvalue weighted by atomic mass is 32.2. The summed E-state index contributed by atoms with van der Waals surface area (Å²) in [5.74, 6) is -1.19. The van der Waals surface area contributed by atoms with Gasteiger partial charge in [0.15, 0.2) is 0 Å². The smallest absolute Gasteiger partial charge is 0.243 e. The molecule has 0 amide bonds. The minimum atomic E-state index is -3.92. The molecule has 388 valence electrons. The van der Waals surface area contributed by atoms with Gasteiger partial charge >= 0.3 is 0 Å². The number of rotatable bonds is 20. The molecule has 0 saturated carbocycles. The van der Waals surface area contributed by atoms with Gasteiger partial charge in [0.25, 0.3) is 0 Å². The van der Waals surface area contributed by atoms with Crippen molar-refractivity contribution in [2.75, 3.05) is 50.9 Å². The van der Waals surface area contributed by atoms with Gasteiger partial charge in [-0.25, -0.2) is 33.6 Å². The molecule has 0 radical (unpaired) electrons. The highest BCUT2D eigenvalue weighted by Crippen LogP contribution is 2.41. The normalized spacial score (nSPS) is 16.1. The fraction of sp³-hybridized carbons (Fsp3) is 0.290. The standard InChI is InChI=1S/C62H64F2N4O5S2/c63-51-31-27-47(28-32-51)17-15-43-74(69,70)67-57-25-9-3-19-49(57)45-61(67)55-23-7-5-21-53(55)59(65-37-11-1-12-38-65)35-41-73-42-36-60(66-39-13-2-14-40-66)54-22-6-8-24-56(54)62-46-50-20-4-10-26-58(50)68(62)75(71,72)44-16-18-48-29-33-52(64)34-30-48/h3-10,15-34,45-46,59-60H,1-2,11-14,35-44H2. The maximum atomic E-state index is 14.5. The van der Waals surface area contributed by atoms with Gasteiger partial charge in [0.1, 0.15) is 11.6 Å². The molecular weight excluding hydrogens is 983 g/mol. The largest absolute Gasteiger partial charge is 0.381 e. The number of nitrogens with zero attached hydrogens (tertiary/aromatic N) is 4. The fourth-order valence-corrected chi connectivity index (χ4v) is 14.0. The molecule has 10 rings (SSSR count). The van der Waals surface area contributed by atoms with E-state index in [0.29, 0.717) is 59.6 Å². The highest BCUT2D eigenvalue weighted by molar-refractivity contribution is 7.90. The minimum Gasteiger partial charge on any atom is -0.381 e. The van der Waals surface area contributed by atoms with Crippen LogP contribution in [0.2, 0.25) is 0 Å². The van der Waals surface area contributed by atoms with Gasteiger partial charge in [-0.2, -0.15) is 0 Å². The van der Waals surface area contributed by atoms with Crippen LogP contribution in [-0.4, -0.2) is 85.5 Å². The van der Waals surface area contributed by atoms with Crippen LogP contribution >= 0.6 is 0 Å². The second kappa shape index (κ2) is 23.6. The number of likely N-dealkylation sites (tertiary alicyclic amines) is 2. The lowest BCUT2D eigenvalue weighted by atomic mass is 9.93. The van der Waals surface area contributed by atoms with Crippen LogP contribution in [-0.2, 0) is 24.8 Å². The van der Waals surface area contributed by atoms with Crippen molar-refractivity contribution in [2.24, 2.45) is 0 Å². The van der Waals surface area contributed by atoms with Gasteiger partial charge in [0.05, 0.1) is 33.9 Å². The Morgan fingerprint density at radius 3 is 1.25 bits per heavy atom. The molecule has 13 heteroatoms. The Morgan fingerprint density at radius 1 is 0.467 bits per heavy atom. The zero-order chi connectivity index (χ0) is 51.8. The molecule has 6 aromatic carbocycles. The van der Waals surface area contributed by atoms with Crippen LogP contribution in [0.3, 0.4) is 0 Å². The topological polar surface area (TPSA) is 93.8 Å². The number of fused-ring (bicyclic) bond motifs is 2. The number of hydrogen-bond donors (Lipinski definition) is 0. The number of halogens is 2. The van der Waals surface area contributed by atoms with Gasteiger partial charge in [-0.3, -0.25) is 9.80 Å². The number of ether oxygens (including phenoxy) is 1. The monoisotopic (exact) mass is 1050 g/mol. The first-order valence-corrected chi connectivity index (χ1v) is 29.5. The lowest BCUT2D eigenvalue weighted by Gasteiger charge is -2.37. The fourth-order valence-electron chi connectivity index (χ4n) is 11.2. The first-order valence-electron chi connectivity index (χ1n) is 26.3. The van der Waals surface area contributed by atoms with Crippen LogP contribution in [0, 0.1) is 11.6 Å². The van der Waals surface area contributed by atoms with E-state index >= 15 is 0 Å². The number of benzene rings is 6. The van der Waals surface area contributed by atoms with Gasteiger partial charge in [-0.05, 0) is 135 Å². The van der Waals surface area contributed by atoms with Gasteiger partial charge < -0.3 is 4.74 Å². The van der Waals surface area contributed by atoms with E-state index in [1.165, 1.54) is 45.1 Å². The van der Waals surface area contributed by atoms with E-state index in [0.717, 1.165) is 84.9 Å². The highest BCUT2D eigenvalue weighted by Gasteiger charge is 2.31. The van der Waals surface area contributed by atoms with E-state index < -0.39 is 20.0 Å². The number of para-hydroxylation sites is 2. The van der Waals surface area contributed by atoms with Crippen LogP contribution in [0.15, 0.2) is 170 Å². The second-order valence-corrected chi connectivity index (χ2v) is 23.5. The zero-order valence-corrected chi connectivity index (χ0v) is 43.8. The van der Waals surface area contributed by atoms with Gasteiger partial charge in [-0.1, -0.05) is 146 Å². The summed E-state index contributed by atoms with van der Waals surface area (Å²) >= 11 is 0. The summed E-state index contributed by atoms with van der Waals surface area (Å²) in [4.78, 5) is 5.08. The Kier molecular flexibility index (Phi) is 16.4. The molecular formula is C62H64F2N4O5S2. The average molecular weight is 1050 g/mol. The SMILES string of the molecule is O=S(=O)(CC=Cc1ccc(F)cc1)n1c(-c2ccccc2C(CCOCCC(c2ccccc2-c2cc3ccccc3n2S(=O)(=O)CC=Cc2ccc(F)cc2)N2CCCCC2)N2CCCCC2)cc2ccccc21. The van der Waals surface area contributed by atoms with E-state index in [2.05, 4.69) is 21.9 Å². The van der Waals surface area contributed by atoms with Crippen molar-refractivity contribution in [1.29, 1.82) is 0 Å². The van der Waals surface area contributed by atoms with Crippen LogP contribution in [0.5, 0.6) is 0 Å². The van der Waals surface area contributed by atoms with Crippen molar-refractivity contribution in [3.8, 4) is 22.5 Å². The Morgan fingerprint density at radius 2 is 0.840 bits per heavy atom. The third-order valence-electron chi connectivity index (χ3n) is 14.8. The summed E-state index contributed by atoms with van der Waals surface area (Å²) in [6.07, 6.45) is 14.7. The molecule has 2 aromatic heterocycles. The van der Waals surface area contributed by atoms with Crippen molar-refractivity contribution in [3.63, 3.8) is 0 Å². The van der Waals surface area contributed by atoms with E-state index in [9.17, 15) is 25.6 Å². The molecule has 2 unspecified atom stereocenters. The molecule has 75 heavy (non-hydrogen) atoms. The summed E-state index contributed by atoms with van der Waals surface area (Å²) in [5.41, 5.74) is 7.71. The van der Waals surface area contributed by atoms with Gasteiger partial charge in [0, 0.05) is 47.2 Å².